The van der Waals surface area contributed by atoms with Gasteiger partial charge < -0.3 is 10.0 Å². The molecule has 4 heteroatoms. The Bertz CT molecular complexity index is 468. The minimum absolute atomic E-state index is 0.683. The minimum atomic E-state index is -0.942. The Morgan fingerprint density at radius 3 is 2.79 bits per heavy atom. The van der Waals surface area contributed by atoms with Crippen LogP contribution in [-0.4, -0.2) is 29.1 Å². The van der Waals surface area contributed by atoms with Gasteiger partial charge in [-0.2, -0.15) is 0 Å². The highest BCUT2D eigenvalue weighted by molar-refractivity contribution is 5.85. The van der Waals surface area contributed by atoms with Crippen LogP contribution in [0.5, 0.6) is 0 Å². The van der Waals surface area contributed by atoms with Crippen molar-refractivity contribution in [3.05, 3.63) is 30.0 Å². The number of rotatable bonds is 3. The lowest BCUT2D eigenvalue weighted by Gasteiger charge is -2.36. The van der Waals surface area contributed by atoms with Gasteiger partial charge in [-0.1, -0.05) is 13.8 Å². The van der Waals surface area contributed by atoms with Gasteiger partial charge in [0.15, 0.2) is 0 Å². The molecule has 4 nitrogen and oxygen atoms in total. The second-order valence-corrected chi connectivity index (χ2v) is 5.31. The first-order valence-electron chi connectivity index (χ1n) is 6.68. The van der Waals surface area contributed by atoms with Crippen LogP contribution in [0.3, 0.4) is 0 Å². The summed E-state index contributed by atoms with van der Waals surface area (Å²) in [5.74, 6) is 1.49. The fourth-order valence-corrected chi connectivity index (χ4v) is 2.32. The number of aliphatic carboxylic acids is 1. The van der Waals surface area contributed by atoms with E-state index in [0.717, 1.165) is 36.5 Å². The Balaban J connectivity index is 2.04. The fourth-order valence-electron chi connectivity index (χ4n) is 2.32. The molecule has 1 aliphatic rings. The van der Waals surface area contributed by atoms with Crippen LogP contribution >= 0.6 is 0 Å². The van der Waals surface area contributed by atoms with Crippen molar-refractivity contribution in [1.29, 1.82) is 0 Å². The van der Waals surface area contributed by atoms with Crippen LogP contribution in [0, 0.1) is 11.8 Å². The molecule has 0 saturated carbocycles. The summed E-state index contributed by atoms with van der Waals surface area (Å²) in [7, 11) is 0. The summed E-state index contributed by atoms with van der Waals surface area (Å²) in [5.41, 5.74) is 0.810. The Kier molecular flexibility index (Phi) is 4.20. The Hall–Kier alpha value is -1.84. The van der Waals surface area contributed by atoms with E-state index in [0.29, 0.717) is 5.92 Å². The number of nitrogens with zero attached hydrogens (tertiary/aromatic N) is 2. The predicted octanol–water partition coefficient (Wildman–Crippen LogP) is 2.66. The lowest BCUT2D eigenvalue weighted by atomic mass is 9.89. The number of piperidine rings is 1. The lowest BCUT2D eigenvalue weighted by molar-refractivity contribution is -0.131. The van der Waals surface area contributed by atoms with Crippen molar-refractivity contribution in [3.63, 3.8) is 0 Å². The molecule has 0 spiro atoms. The first kappa shape index (κ1) is 13.6. The maximum atomic E-state index is 10.4. The molecule has 2 rings (SSSR count). The first-order chi connectivity index (χ1) is 9.06. The van der Waals surface area contributed by atoms with Crippen molar-refractivity contribution in [2.75, 3.05) is 18.0 Å². The van der Waals surface area contributed by atoms with E-state index in [1.165, 1.54) is 6.42 Å². The predicted molar refractivity (Wildman–Crippen MR) is 76.1 cm³/mol. The Labute approximate surface area is 113 Å². The number of hydrogen-bond donors (Lipinski definition) is 1. The van der Waals surface area contributed by atoms with Crippen LogP contribution in [-0.2, 0) is 4.79 Å². The molecule has 19 heavy (non-hydrogen) atoms. The van der Waals surface area contributed by atoms with Crippen LogP contribution in [0.1, 0.15) is 25.8 Å². The van der Waals surface area contributed by atoms with E-state index in [1.807, 2.05) is 12.1 Å². The molecule has 2 heterocycles. The number of carboxylic acid groups (broad SMARTS) is 1. The number of pyridine rings is 1. The van der Waals surface area contributed by atoms with Crippen molar-refractivity contribution in [3.8, 4) is 0 Å². The van der Waals surface area contributed by atoms with Gasteiger partial charge in [-0.15, -0.1) is 0 Å². The zero-order chi connectivity index (χ0) is 13.8. The number of carbonyl (C=O) groups is 1. The van der Waals surface area contributed by atoms with Gasteiger partial charge >= 0.3 is 5.97 Å². The molecule has 0 amide bonds. The van der Waals surface area contributed by atoms with Crippen LogP contribution < -0.4 is 4.90 Å². The van der Waals surface area contributed by atoms with Gasteiger partial charge in [0.25, 0.3) is 0 Å². The number of aromatic nitrogens is 1. The number of anilines is 1. The smallest absolute Gasteiger partial charge is 0.328 e. The summed E-state index contributed by atoms with van der Waals surface area (Å²) < 4.78 is 0. The van der Waals surface area contributed by atoms with E-state index in [-0.39, 0.29) is 0 Å². The summed E-state index contributed by atoms with van der Waals surface area (Å²) >= 11 is 0. The molecule has 1 saturated heterocycles. The van der Waals surface area contributed by atoms with Gasteiger partial charge in [0.05, 0.1) is 0 Å². The minimum Gasteiger partial charge on any atom is -0.478 e. The SMILES string of the molecule is CC1CCN(c2ccc(/C=C/C(=O)O)cn2)CC1C. The van der Waals surface area contributed by atoms with Crippen LogP contribution in [0.25, 0.3) is 6.08 Å². The average molecular weight is 260 g/mol. The standard InChI is InChI=1S/C15H20N2O2/c1-11-7-8-17(10-12(11)2)14-5-3-13(9-16-14)4-6-15(18)19/h3-6,9,11-12H,7-8,10H2,1-2H3,(H,18,19)/b6-4+. The average Bonchev–Trinajstić information content (AvgIpc) is 2.40. The van der Waals surface area contributed by atoms with E-state index >= 15 is 0 Å². The van der Waals surface area contributed by atoms with Crippen molar-refractivity contribution in [2.45, 2.75) is 20.3 Å². The molecule has 1 aliphatic heterocycles. The van der Waals surface area contributed by atoms with Crippen LogP contribution in [0.15, 0.2) is 24.4 Å². The highest BCUT2D eigenvalue weighted by Gasteiger charge is 2.23. The second-order valence-electron chi connectivity index (χ2n) is 5.31. The van der Waals surface area contributed by atoms with Gasteiger partial charge in [0.2, 0.25) is 0 Å². The molecule has 2 atom stereocenters. The van der Waals surface area contributed by atoms with E-state index < -0.39 is 5.97 Å². The number of carboxylic acids is 1. The maximum Gasteiger partial charge on any atom is 0.328 e. The third-order valence-electron chi connectivity index (χ3n) is 3.85. The van der Waals surface area contributed by atoms with E-state index in [1.54, 1.807) is 12.3 Å². The molecule has 2 unspecified atom stereocenters. The molecule has 1 fully saturated rings. The van der Waals surface area contributed by atoms with Crippen LogP contribution in [0.4, 0.5) is 5.82 Å². The zero-order valence-corrected chi connectivity index (χ0v) is 11.4. The molecular weight excluding hydrogens is 240 g/mol. The van der Waals surface area contributed by atoms with E-state index in [2.05, 4.69) is 23.7 Å². The summed E-state index contributed by atoms with van der Waals surface area (Å²) in [6.45, 7) is 6.66. The molecule has 0 aliphatic carbocycles. The molecule has 1 N–H and O–H groups in total. The van der Waals surface area contributed by atoms with Crippen molar-refractivity contribution >= 4 is 17.9 Å². The van der Waals surface area contributed by atoms with Crippen molar-refractivity contribution in [2.24, 2.45) is 11.8 Å². The molecule has 0 bridgehead atoms. The summed E-state index contributed by atoms with van der Waals surface area (Å²) in [6.07, 6.45) is 5.60. The first-order valence-corrected chi connectivity index (χ1v) is 6.68. The molecule has 102 valence electrons. The van der Waals surface area contributed by atoms with Crippen molar-refractivity contribution in [1.82, 2.24) is 4.98 Å². The molecule has 0 radical (unpaired) electrons. The zero-order valence-electron chi connectivity index (χ0n) is 11.4. The molecule has 0 aromatic carbocycles. The highest BCUT2D eigenvalue weighted by Crippen LogP contribution is 2.25. The molecule has 1 aromatic rings. The summed E-state index contributed by atoms with van der Waals surface area (Å²) in [6, 6.07) is 3.87. The fraction of sp³-hybridized carbons (Fsp3) is 0.467. The summed E-state index contributed by atoms with van der Waals surface area (Å²) in [5, 5.41) is 8.57. The maximum absolute atomic E-state index is 10.4. The largest absolute Gasteiger partial charge is 0.478 e. The van der Waals surface area contributed by atoms with Gasteiger partial charge in [-0.25, -0.2) is 9.78 Å². The highest BCUT2D eigenvalue weighted by atomic mass is 16.4. The normalized spacial score (nSPS) is 23.8. The Morgan fingerprint density at radius 1 is 1.42 bits per heavy atom. The molecule has 1 aromatic heterocycles. The van der Waals surface area contributed by atoms with E-state index in [4.69, 9.17) is 5.11 Å². The Morgan fingerprint density at radius 2 is 2.21 bits per heavy atom. The third-order valence-corrected chi connectivity index (χ3v) is 3.85. The number of hydrogen-bond acceptors (Lipinski definition) is 3. The van der Waals surface area contributed by atoms with E-state index in [9.17, 15) is 4.79 Å². The lowest BCUT2D eigenvalue weighted by Crippen LogP contribution is -2.38. The monoisotopic (exact) mass is 260 g/mol. The van der Waals surface area contributed by atoms with Crippen LogP contribution in [0.2, 0.25) is 0 Å². The quantitative estimate of drug-likeness (QED) is 0.849. The van der Waals surface area contributed by atoms with Crippen molar-refractivity contribution < 1.29 is 9.90 Å². The van der Waals surface area contributed by atoms with Gasteiger partial charge in [0.1, 0.15) is 5.82 Å². The molecular formula is C15H20N2O2. The summed E-state index contributed by atoms with van der Waals surface area (Å²) in [4.78, 5) is 17.2. The topological polar surface area (TPSA) is 53.4 Å². The van der Waals surface area contributed by atoms with Gasteiger partial charge in [-0.3, -0.25) is 0 Å². The second kappa shape index (κ2) is 5.87. The van der Waals surface area contributed by atoms with Gasteiger partial charge in [0, 0.05) is 25.4 Å². The van der Waals surface area contributed by atoms with Gasteiger partial charge in [-0.05, 0) is 42.0 Å². The third kappa shape index (κ3) is 3.56.